The van der Waals surface area contributed by atoms with E-state index in [-0.39, 0.29) is 6.29 Å². The molecule has 7 aromatic rings. The van der Waals surface area contributed by atoms with E-state index >= 15 is 0 Å². The summed E-state index contributed by atoms with van der Waals surface area (Å²) in [7, 11) is 0. The molecule has 2 aliphatic rings. The SMILES string of the molecule is c1ccc(-n2c3c(N4c5ccccc5N5c6ccccc6NC54)cccc3n3c4ccccc4nc23)cc1. The lowest BCUT2D eigenvalue weighted by Crippen LogP contribution is -2.40. The second-order valence-electron chi connectivity index (χ2n) is 9.82. The number of hydrogen-bond acceptors (Lipinski definition) is 4. The topological polar surface area (TPSA) is 40.7 Å². The summed E-state index contributed by atoms with van der Waals surface area (Å²) >= 11 is 0. The molecule has 180 valence electrons. The molecular weight excluding hydrogens is 468 g/mol. The summed E-state index contributed by atoms with van der Waals surface area (Å²) in [4.78, 5) is 9.95. The monoisotopic (exact) mass is 490 g/mol. The molecule has 6 heteroatoms. The summed E-state index contributed by atoms with van der Waals surface area (Å²) in [5, 5.41) is 3.79. The Kier molecular flexibility index (Phi) is 3.75. The van der Waals surface area contributed by atoms with E-state index in [1.165, 1.54) is 17.1 Å². The van der Waals surface area contributed by atoms with Crippen molar-refractivity contribution in [3.8, 4) is 5.69 Å². The molecule has 1 atom stereocenters. The van der Waals surface area contributed by atoms with Gasteiger partial charge in [0.15, 0.2) is 6.29 Å². The predicted octanol–water partition coefficient (Wildman–Crippen LogP) is 7.43. The molecule has 2 aromatic heterocycles. The minimum Gasteiger partial charge on any atom is -0.346 e. The molecular formula is C32H22N6. The van der Waals surface area contributed by atoms with E-state index in [4.69, 9.17) is 4.98 Å². The zero-order chi connectivity index (χ0) is 24.8. The van der Waals surface area contributed by atoms with Gasteiger partial charge in [0.1, 0.15) is 0 Å². The number of aromatic nitrogens is 3. The van der Waals surface area contributed by atoms with Crippen LogP contribution in [0.15, 0.2) is 121 Å². The Morgan fingerprint density at radius 2 is 1.18 bits per heavy atom. The lowest BCUT2D eigenvalue weighted by Gasteiger charge is -2.28. The largest absolute Gasteiger partial charge is 0.346 e. The van der Waals surface area contributed by atoms with Crippen LogP contribution in [-0.4, -0.2) is 20.2 Å². The molecule has 0 bridgehead atoms. The first-order chi connectivity index (χ1) is 18.9. The summed E-state index contributed by atoms with van der Waals surface area (Å²) in [6.45, 7) is 0. The highest BCUT2D eigenvalue weighted by Crippen LogP contribution is 2.54. The molecule has 0 saturated heterocycles. The summed E-state index contributed by atoms with van der Waals surface area (Å²) < 4.78 is 4.59. The van der Waals surface area contributed by atoms with Gasteiger partial charge in [0.05, 0.1) is 50.5 Å². The van der Waals surface area contributed by atoms with Crippen molar-refractivity contribution in [2.75, 3.05) is 15.1 Å². The average molecular weight is 491 g/mol. The Morgan fingerprint density at radius 1 is 0.553 bits per heavy atom. The molecule has 0 fully saturated rings. The minimum absolute atomic E-state index is 0.0708. The number of rotatable bonds is 2. The number of benzene rings is 5. The first-order valence-corrected chi connectivity index (χ1v) is 12.9. The molecule has 1 N–H and O–H groups in total. The fraction of sp³-hybridized carbons (Fsp3) is 0.0312. The average Bonchev–Trinajstić information content (AvgIpc) is 3.69. The van der Waals surface area contributed by atoms with E-state index in [9.17, 15) is 0 Å². The molecule has 1 unspecified atom stereocenters. The van der Waals surface area contributed by atoms with Gasteiger partial charge >= 0.3 is 0 Å². The summed E-state index contributed by atoms with van der Waals surface area (Å²) in [5.74, 6) is 0.909. The van der Waals surface area contributed by atoms with Gasteiger partial charge in [-0.2, -0.15) is 0 Å². The van der Waals surface area contributed by atoms with E-state index in [0.717, 1.165) is 44.9 Å². The summed E-state index contributed by atoms with van der Waals surface area (Å²) in [6, 6.07) is 42.7. The Bertz CT molecular complexity index is 2040. The third-order valence-electron chi connectivity index (χ3n) is 7.81. The molecule has 6 nitrogen and oxygen atoms in total. The molecule has 38 heavy (non-hydrogen) atoms. The van der Waals surface area contributed by atoms with E-state index in [2.05, 4.69) is 145 Å². The van der Waals surface area contributed by atoms with Crippen molar-refractivity contribution >= 4 is 56.3 Å². The first-order valence-electron chi connectivity index (χ1n) is 12.9. The van der Waals surface area contributed by atoms with Crippen molar-refractivity contribution in [1.82, 2.24) is 14.0 Å². The van der Waals surface area contributed by atoms with Crippen molar-refractivity contribution in [3.05, 3.63) is 121 Å². The maximum Gasteiger partial charge on any atom is 0.220 e. The first kappa shape index (κ1) is 19.9. The van der Waals surface area contributed by atoms with Crippen LogP contribution < -0.4 is 15.1 Å². The highest BCUT2D eigenvalue weighted by atomic mass is 15.5. The maximum absolute atomic E-state index is 5.12. The molecule has 0 saturated carbocycles. The van der Waals surface area contributed by atoms with Crippen LogP contribution in [0, 0.1) is 0 Å². The molecule has 0 amide bonds. The molecule has 0 spiro atoms. The maximum atomic E-state index is 5.12. The lowest BCUT2D eigenvalue weighted by atomic mass is 10.2. The van der Waals surface area contributed by atoms with E-state index in [1.807, 2.05) is 0 Å². The van der Waals surface area contributed by atoms with Gasteiger partial charge in [0.2, 0.25) is 5.78 Å². The fourth-order valence-electron chi connectivity index (χ4n) is 6.29. The van der Waals surface area contributed by atoms with E-state index in [1.54, 1.807) is 0 Å². The van der Waals surface area contributed by atoms with Gasteiger partial charge in [-0.25, -0.2) is 4.98 Å². The minimum atomic E-state index is -0.0708. The zero-order valence-electron chi connectivity index (χ0n) is 20.4. The Morgan fingerprint density at radius 3 is 2.03 bits per heavy atom. The standard InChI is InChI=1S/C32H22N6/c1-2-11-21(12-3-1)35-30-28(37-25-16-7-5-14-23(25)33-31(35)37)19-10-20-29(30)38-27-18-9-8-17-26(27)36-24-15-6-4-13-22(24)34-32(36)38/h1-20,32,34H. The zero-order valence-corrected chi connectivity index (χ0v) is 20.4. The second-order valence-corrected chi connectivity index (χ2v) is 9.82. The smallest absolute Gasteiger partial charge is 0.220 e. The second kappa shape index (κ2) is 7.17. The van der Waals surface area contributed by atoms with Crippen molar-refractivity contribution < 1.29 is 0 Å². The van der Waals surface area contributed by atoms with Crippen LogP contribution in [-0.2, 0) is 0 Å². The van der Waals surface area contributed by atoms with Crippen LogP contribution in [0.25, 0.3) is 33.5 Å². The van der Waals surface area contributed by atoms with Crippen LogP contribution in [0.5, 0.6) is 0 Å². The molecule has 4 heterocycles. The van der Waals surface area contributed by atoms with Crippen molar-refractivity contribution in [3.63, 3.8) is 0 Å². The van der Waals surface area contributed by atoms with Crippen LogP contribution in [0.2, 0.25) is 0 Å². The number of hydrogen-bond donors (Lipinski definition) is 1. The molecule has 5 aromatic carbocycles. The van der Waals surface area contributed by atoms with Gasteiger partial charge < -0.3 is 5.32 Å². The quantitative estimate of drug-likeness (QED) is 0.274. The number of para-hydroxylation sites is 8. The van der Waals surface area contributed by atoms with Crippen LogP contribution in [0.1, 0.15) is 0 Å². The highest BCUT2D eigenvalue weighted by Gasteiger charge is 2.43. The Labute approximate surface area is 218 Å². The summed E-state index contributed by atoms with van der Waals surface area (Å²) in [6.07, 6.45) is -0.0708. The normalized spacial score (nSPS) is 15.7. The van der Waals surface area contributed by atoms with Gasteiger partial charge in [-0.15, -0.1) is 0 Å². The van der Waals surface area contributed by atoms with Crippen LogP contribution >= 0.6 is 0 Å². The van der Waals surface area contributed by atoms with Gasteiger partial charge in [0.25, 0.3) is 0 Å². The Balaban J connectivity index is 1.39. The number of nitrogens with zero attached hydrogens (tertiary/aromatic N) is 5. The number of imidazole rings is 2. The van der Waals surface area contributed by atoms with Crippen molar-refractivity contribution in [2.45, 2.75) is 6.29 Å². The number of fused-ring (bicyclic) bond motifs is 10. The number of nitrogens with one attached hydrogen (secondary N) is 1. The molecule has 9 rings (SSSR count). The summed E-state index contributed by atoms with van der Waals surface area (Å²) in [5.41, 5.74) is 11.3. The molecule has 0 radical (unpaired) electrons. The van der Waals surface area contributed by atoms with E-state index in [0.29, 0.717) is 0 Å². The van der Waals surface area contributed by atoms with Crippen LogP contribution in [0.4, 0.5) is 28.4 Å². The lowest BCUT2D eigenvalue weighted by molar-refractivity contribution is 0.809. The molecule has 2 aliphatic heterocycles. The van der Waals surface area contributed by atoms with Gasteiger partial charge in [-0.3, -0.25) is 18.8 Å². The third-order valence-corrected chi connectivity index (χ3v) is 7.81. The van der Waals surface area contributed by atoms with Crippen molar-refractivity contribution in [1.29, 1.82) is 0 Å². The number of anilines is 5. The van der Waals surface area contributed by atoms with Gasteiger partial charge in [0, 0.05) is 5.69 Å². The van der Waals surface area contributed by atoms with E-state index < -0.39 is 0 Å². The highest BCUT2D eigenvalue weighted by molar-refractivity contribution is 6.04. The predicted molar refractivity (Wildman–Crippen MR) is 154 cm³/mol. The van der Waals surface area contributed by atoms with Gasteiger partial charge in [-0.05, 0) is 60.7 Å². The Hall–Kier alpha value is -5.23. The molecule has 0 aliphatic carbocycles. The van der Waals surface area contributed by atoms with Gasteiger partial charge in [-0.1, -0.05) is 60.7 Å². The van der Waals surface area contributed by atoms with Crippen LogP contribution in [0.3, 0.4) is 0 Å². The fourth-order valence-corrected chi connectivity index (χ4v) is 6.29. The third kappa shape index (κ3) is 2.44. The van der Waals surface area contributed by atoms with Crippen molar-refractivity contribution in [2.24, 2.45) is 0 Å².